The number of esters is 2. The molecular weight excluding hydrogens is 268 g/mol. The Morgan fingerprint density at radius 2 is 1.29 bits per heavy atom. The molecule has 0 N–H and O–H groups in total. The van der Waals surface area contributed by atoms with Crippen LogP contribution in [-0.2, 0) is 9.47 Å². The molecule has 0 aromatic heterocycles. The van der Waals surface area contributed by atoms with Crippen molar-refractivity contribution in [2.75, 3.05) is 13.2 Å². The van der Waals surface area contributed by atoms with Crippen LogP contribution in [0.4, 0.5) is 0 Å². The van der Waals surface area contributed by atoms with Crippen LogP contribution in [0.3, 0.4) is 0 Å². The van der Waals surface area contributed by atoms with Crippen LogP contribution in [0, 0.1) is 0 Å². The highest BCUT2D eigenvalue weighted by Crippen LogP contribution is 2.12. The van der Waals surface area contributed by atoms with Crippen molar-refractivity contribution in [2.45, 2.75) is 6.92 Å². The quantitative estimate of drug-likeness (QED) is 0.593. The Bertz CT molecular complexity index is 460. The summed E-state index contributed by atoms with van der Waals surface area (Å²) in [5.41, 5.74) is 0.349. The van der Waals surface area contributed by atoms with E-state index in [1.807, 2.05) is 6.92 Å². The molecule has 0 aliphatic heterocycles. The van der Waals surface area contributed by atoms with Gasteiger partial charge < -0.3 is 9.47 Å². The molecule has 1 rings (SSSR count). The molecule has 112 valence electrons. The molecule has 0 saturated heterocycles. The Labute approximate surface area is 125 Å². The zero-order valence-electron chi connectivity index (χ0n) is 12.2. The van der Waals surface area contributed by atoms with Crippen LogP contribution in [-0.4, -0.2) is 25.2 Å². The van der Waals surface area contributed by atoms with Crippen LogP contribution < -0.4 is 0 Å². The topological polar surface area (TPSA) is 52.6 Å². The summed E-state index contributed by atoms with van der Waals surface area (Å²) in [7, 11) is 0. The first-order valence-corrected chi connectivity index (χ1v) is 6.34. The van der Waals surface area contributed by atoms with E-state index in [9.17, 15) is 9.59 Å². The molecule has 0 heterocycles. The first-order chi connectivity index (χ1) is 10.1. The predicted molar refractivity (Wildman–Crippen MR) is 83.3 cm³/mol. The summed E-state index contributed by atoms with van der Waals surface area (Å²) < 4.78 is 9.78. The monoisotopic (exact) mass is 288 g/mol. The number of hydrogen-bond donors (Lipinski definition) is 0. The van der Waals surface area contributed by atoms with Gasteiger partial charge in [-0.05, 0) is 19.1 Å². The molecule has 0 radical (unpaired) electrons. The van der Waals surface area contributed by atoms with Gasteiger partial charge in [-0.1, -0.05) is 43.5 Å². The first-order valence-electron chi connectivity index (χ1n) is 6.34. The van der Waals surface area contributed by atoms with E-state index in [0.717, 1.165) is 0 Å². The smallest absolute Gasteiger partial charge is 0.339 e. The van der Waals surface area contributed by atoms with E-state index in [4.69, 9.17) is 9.47 Å². The molecule has 4 heteroatoms. The van der Waals surface area contributed by atoms with E-state index >= 15 is 0 Å². The van der Waals surface area contributed by atoms with Gasteiger partial charge in [-0.25, -0.2) is 9.59 Å². The van der Waals surface area contributed by atoms with E-state index < -0.39 is 11.9 Å². The first kappa shape index (κ1) is 18.4. The lowest BCUT2D eigenvalue weighted by Gasteiger charge is -2.07. The summed E-state index contributed by atoms with van der Waals surface area (Å²) in [6, 6.07) is 6.31. The Morgan fingerprint density at radius 1 is 0.952 bits per heavy atom. The summed E-state index contributed by atoms with van der Waals surface area (Å²) in [6.45, 7) is 12.3. The minimum absolute atomic E-state index is 0.0921. The molecule has 0 saturated carbocycles. The standard InChI is InChI=1S/C14H14O4.C3H6/c1-3-9-17-13(15)11-7-5-6-8-12(11)14(16)18-10-4-2;1-3-2/h3-8H,1-2,9-10H2;3H,1H2,2H3. The zero-order chi connectivity index (χ0) is 16.1. The molecule has 0 bridgehead atoms. The van der Waals surface area contributed by atoms with Crippen molar-refractivity contribution in [2.24, 2.45) is 0 Å². The highest BCUT2D eigenvalue weighted by Gasteiger charge is 2.18. The van der Waals surface area contributed by atoms with Crippen molar-refractivity contribution in [1.29, 1.82) is 0 Å². The van der Waals surface area contributed by atoms with Crippen LogP contribution in [0.15, 0.2) is 62.2 Å². The van der Waals surface area contributed by atoms with Gasteiger partial charge in [0.2, 0.25) is 0 Å². The van der Waals surface area contributed by atoms with Crippen LogP contribution in [0.2, 0.25) is 0 Å². The molecule has 1 aromatic carbocycles. The van der Waals surface area contributed by atoms with Gasteiger partial charge in [0.15, 0.2) is 0 Å². The SMILES string of the molecule is C=CC.C=CCOC(=O)c1ccccc1C(=O)OCC=C. The summed E-state index contributed by atoms with van der Waals surface area (Å²) in [5, 5.41) is 0. The largest absolute Gasteiger partial charge is 0.458 e. The van der Waals surface area contributed by atoms with E-state index in [1.165, 1.54) is 24.3 Å². The van der Waals surface area contributed by atoms with Gasteiger partial charge in [-0.15, -0.1) is 6.58 Å². The van der Waals surface area contributed by atoms with Crippen molar-refractivity contribution < 1.29 is 19.1 Å². The van der Waals surface area contributed by atoms with Gasteiger partial charge in [0.05, 0.1) is 11.1 Å². The summed E-state index contributed by atoms with van der Waals surface area (Å²) in [5.74, 6) is -1.16. The third-order valence-corrected chi connectivity index (χ3v) is 2.03. The lowest BCUT2D eigenvalue weighted by molar-refractivity contribution is 0.0503. The Balaban J connectivity index is 0.00000122. The number of hydrogen-bond acceptors (Lipinski definition) is 4. The second-order valence-electron chi connectivity index (χ2n) is 3.73. The summed E-state index contributed by atoms with van der Waals surface area (Å²) in [4.78, 5) is 23.4. The Kier molecular flexibility index (Phi) is 9.83. The second kappa shape index (κ2) is 11.2. The number of carbonyl (C=O) groups excluding carboxylic acids is 2. The third-order valence-electron chi connectivity index (χ3n) is 2.03. The summed E-state index contributed by atoms with van der Waals surface area (Å²) >= 11 is 0. The second-order valence-corrected chi connectivity index (χ2v) is 3.73. The molecule has 0 fully saturated rings. The van der Waals surface area contributed by atoms with Crippen molar-refractivity contribution >= 4 is 11.9 Å². The molecule has 0 unspecified atom stereocenters. The van der Waals surface area contributed by atoms with E-state index in [0.29, 0.717) is 0 Å². The fourth-order valence-corrected chi connectivity index (χ4v) is 1.26. The molecule has 0 aliphatic rings. The zero-order valence-corrected chi connectivity index (χ0v) is 12.2. The number of rotatable bonds is 6. The maximum atomic E-state index is 11.7. The lowest BCUT2D eigenvalue weighted by atomic mass is 10.1. The number of benzene rings is 1. The normalized spacial score (nSPS) is 8.62. The van der Waals surface area contributed by atoms with Crippen LogP contribution in [0.5, 0.6) is 0 Å². The third kappa shape index (κ3) is 6.92. The number of allylic oxidation sites excluding steroid dienone is 1. The van der Waals surface area contributed by atoms with Crippen molar-refractivity contribution in [1.82, 2.24) is 0 Å². The minimum Gasteiger partial charge on any atom is -0.458 e. The van der Waals surface area contributed by atoms with Crippen molar-refractivity contribution in [3.8, 4) is 0 Å². The molecule has 0 amide bonds. The molecule has 1 aromatic rings. The van der Waals surface area contributed by atoms with Gasteiger partial charge in [-0.2, -0.15) is 0 Å². The van der Waals surface area contributed by atoms with Gasteiger partial charge in [0, 0.05) is 0 Å². The summed E-state index contributed by atoms with van der Waals surface area (Å²) in [6.07, 6.45) is 4.66. The molecule has 4 nitrogen and oxygen atoms in total. The molecule has 0 atom stereocenters. The van der Waals surface area contributed by atoms with Gasteiger partial charge in [-0.3, -0.25) is 0 Å². The van der Waals surface area contributed by atoms with Crippen LogP contribution in [0.25, 0.3) is 0 Å². The fraction of sp³-hybridized carbons (Fsp3) is 0.176. The molecular formula is C17H20O4. The predicted octanol–water partition coefficient (Wildman–Crippen LogP) is 3.56. The molecule has 0 spiro atoms. The van der Waals surface area contributed by atoms with Gasteiger partial charge in [0.25, 0.3) is 0 Å². The van der Waals surface area contributed by atoms with E-state index in [2.05, 4.69) is 19.7 Å². The van der Waals surface area contributed by atoms with Crippen LogP contribution >= 0.6 is 0 Å². The average Bonchev–Trinajstić information content (AvgIpc) is 2.51. The average molecular weight is 288 g/mol. The maximum absolute atomic E-state index is 11.7. The van der Waals surface area contributed by atoms with E-state index in [-0.39, 0.29) is 24.3 Å². The highest BCUT2D eigenvalue weighted by atomic mass is 16.5. The molecule has 0 aliphatic carbocycles. The van der Waals surface area contributed by atoms with Gasteiger partial charge in [0.1, 0.15) is 13.2 Å². The van der Waals surface area contributed by atoms with E-state index in [1.54, 1.807) is 18.2 Å². The Hall–Kier alpha value is -2.62. The highest BCUT2D eigenvalue weighted by molar-refractivity contribution is 6.03. The van der Waals surface area contributed by atoms with Crippen molar-refractivity contribution in [3.05, 3.63) is 73.4 Å². The van der Waals surface area contributed by atoms with Crippen LogP contribution in [0.1, 0.15) is 27.6 Å². The fourth-order valence-electron chi connectivity index (χ4n) is 1.26. The van der Waals surface area contributed by atoms with Crippen molar-refractivity contribution in [3.63, 3.8) is 0 Å². The van der Waals surface area contributed by atoms with Gasteiger partial charge >= 0.3 is 11.9 Å². The number of ether oxygens (including phenoxy) is 2. The molecule has 21 heavy (non-hydrogen) atoms. The number of carbonyl (C=O) groups is 2. The lowest BCUT2D eigenvalue weighted by Crippen LogP contribution is -2.14. The Morgan fingerprint density at radius 3 is 1.57 bits per heavy atom. The maximum Gasteiger partial charge on any atom is 0.339 e. The minimum atomic E-state index is -0.582.